The molecule has 5 rings (SSSR count). The zero-order valence-corrected chi connectivity index (χ0v) is 17.0. The smallest absolute Gasteiger partial charge is 0.260 e. The molecular formula is C24H22N2O5. The van der Waals surface area contributed by atoms with E-state index in [2.05, 4.69) is 0 Å². The Bertz CT molecular complexity index is 1140. The third-order valence-electron chi connectivity index (χ3n) is 5.62. The van der Waals surface area contributed by atoms with Gasteiger partial charge in [-0.15, -0.1) is 0 Å². The first-order chi connectivity index (χ1) is 15.2. The van der Waals surface area contributed by atoms with Gasteiger partial charge < -0.3 is 24.0 Å². The summed E-state index contributed by atoms with van der Waals surface area (Å²) in [6.07, 6.45) is 0. The van der Waals surface area contributed by atoms with Gasteiger partial charge in [0.25, 0.3) is 11.8 Å². The van der Waals surface area contributed by atoms with E-state index in [1.54, 1.807) is 28.0 Å². The summed E-state index contributed by atoms with van der Waals surface area (Å²) in [5.74, 6) is 1.76. The van der Waals surface area contributed by atoms with Crippen molar-refractivity contribution in [2.75, 3.05) is 39.6 Å². The van der Waals surface area contributed by atoms with E-state index in [1.165, 1.54) is 0 Å². The van der Waals surface area contributed by atoms with Crippen LogP contribution in [0.25, 0.3) is 10.8 Å². The molecule has 0 aliphatic carbocycles. The Labute approximate surface area is 179 Å². The number of hydrogen-bond acceptors (Lipinski definition) is 5. The molecule has 0 aromatic heterocycles. The third-order valence-corrected chi connectivity index (χ3v) is 5.62. The molecule has 2 amide bonds. The van der Waals surface area contributed by atoms with Gasteiger partial charge in [-0.25, -0.2) is 0 Å². The maximum Gasteiger partial charge on any atom is 0.260 e. The van der Waals surface area contributed by atoms with Crippen molar-refractivity contribution in [3.63, 3.8) is 0 Å². The molecule has 0 saturated carbocycles. The lowest BCUT2D eigenvalue weighted by atomic mass is 10.1. The van der Waals surface area contributed by atoms with Crippen LogP contribution in [-0.2, 0) is 4.79 Å². The van der Waals surface area contributed by atoms with Crippen molar-refractivity contribution >= 4 is 22.6 Å². The van der Waals surface area contributed by atoms with Gasteiger partial charge >= 0.3 is 0 Å². The van der Waals surface area contributed by atoms with Crippen LogP contribution in [0.15, 0.2) is 60.7 Å². The minimum atomic E-state index is -0.0802. The van der Waals surface area contributed by atoms with Gasteiger partial charge in [0.2, 0.25) is 6.79 Å². The molecule has 0 N–H and O–H groups in total. The van der Waals surface area contributed by atoms with Crippen LogP contribution in [0.4, 0.5) is 0 Å². The van der Waals surface area contributed by atoms with E-state index in [0.717, 1.165) is 10.8 Å². The number of hydrogen-bond donors (Lipinski definition) is 0. The first-order valence-electron chi connectivity index (χ1n) is 10.3. The Kier molecular flexibility index (Phi) is 5.08. The molecule has 1 saturated heterocycles. The molecule has 3 aromatic carbocycles. The van der Waals surface area contributed by atoms with Crippen LogP contribution in [0.1, 0.15) is 10.4 Å². The second-order valence-corrected chi connectivity index (χ2v) is 7.54. The summed E-state index contributed by atoms with van der Waals surface area (Å²) in [4.78, 5) is 28.9. The van der Waals surface area contributed by atoms with Crippen LogP contribution in [0.3, 0.4) is 0 Å². The van der Waals surface area contributed by atoms with E-state index in [-0.39, 0.29) is 25.2 Å². The number of amides is 2. The highest BCUT2D eigenvalue weighted by molar-refractivity contribution is 5.95. The largest absolute Gasteiger partial charge is 0.484 e. The van der Waals surface area contributed by atoms with Gasteiger partial charge in [0.05, 0.1) is 0 Å². The predicted octanol–water partition coefficient (Wildman–Crippen LogP) is 2.93. The monoisotopic (exact) mass is 418 g/mol. The van der Waals surface area contributed by atoms with E-state index in [9.17, 15) is 9.59 Å². The molecule has 2 aliphatic rings. The van der Waals surface area contributed by atoms with E-state index >= 15 is 0 Å². The lowest BCUT2D eigenvalue weighted by molar-refractivity contribution is -0.134. The van der Waals surface area contributed by atoms with Crippen molar-refractivity contribution in [2.24, 2.45) is 0 Å². The zero-order valence-electron chi connectivity index (χ0n) is 17.0. The first kappa shape index (κ1) is 19.2. The molecule has 0 atom stereocenters. The number of ether oxygens (including phenoxy) is 3. The van der Waals surface area contributed by atoms with Crippen LogP contribution >= 0.6 is 0 Å². The average molecular weight is 418 g/mol. The van der Waals surface area contributed by atoms with Gasteiger partial charge in [-0.2, -0.15) is 0 Å². The van der Waals surface area contributed by atoms with Crippen molar-refractivity contribution in [3.8, 4) is 17.2 Å². The molecule has 0 radical (unpaired) electrons. The molecule has 0 bridgehead atoms. The van der Waals surface area contributed by atoms with Gasteiger partial charge in [0, 0.05) is 31.7 Å². The summed E-state index contributed by atoms with van der Waals surface area (Å²) in [7, 11) is 0. The highest BCUT2D eigenvalue weighted by Crippen LogP contribution is 2.32. The Morgan fingerprint density at radius 3 is 2.39 bits per heavy atom. The van der Waals surface area contributed by atoms with Crippen molar-refractivity contribution in [1.29, 1.82) is 0 Å². The lowest BCUT2D eigenvalue weighted by Crippen LogP contribution is -2.51. The number of fused-ring (bicyclic) bond motifs is 2. The maximum absolute atomic E-state index is 12.8. The lowest BCUT2D eigenvalue weighted by Gasteiger charge is -2.34. The van der Waals surface area contributed by atoms with Crippen LogP contribution in [-0.4, -0.2) is 61.2 Å². The fraction of sp³-hybridized carbons (Fsp3) is 0.250. The third kappa shape index (κ3) is 3.99. The summed E-state index contributed by atoms with van der Waals surface area (Å²) in [6.45, 7) is 2.08. The minimum absolute atomic E-state index is 0.0194. The summed E-state index contributed by atoms with van der Waals surface area (Å²) in [5.41, 5.74) is 0.559. The van der Waals surface area contributed by atoms with Crippen LogP contribution in [0.5, 0.6) is 17.2 Å². The molecule has 7 nitrogen and oxygen atoms in total. The fourth-order valence-corrected chi connectivity index (χ4v) is 3.86. The second-order valence-electron chi connectivity index (χ2n) is 7.54. The second kappa shape index (κ2) is 8.18. The summed E-state index contributed by atoms with van der Waals surface area (Å²) < 4.78 is 16.4. The SMILES string of the molecule is O=C(COc1ccc2ccccc2c1)N1CCN(C(=O)c2ccc3c(c2)OCO3)CC1. The predicted molar refractivity (Wildman–Crippen MR) is 114 cm³/mol. The Hall–Kier alpha value is -3.74. The summed E-state index contributed by atoms with van der Waals surface area (Å²) in [5, 5.41) is 2.20. The van der Waals surface area contributed by atoms with E-state index in [1.807, 2.05) is 42.5 Å². The topological polar surface area (TPSA) is 68.3 Å². The highest BCUT2D eigenvalue weighted by atomic mass is 16.7. The number of rotatable bonds is 4. The molecule has 31 heavy (non-hydrogen) atoms. The Morgan fingerprint density at radius 2 is 1.55 bits per heavy atom. The maximum atomic E-state index is 12.8. The van der Waals surface area contributed by atoms with Crippen LogP contribution in [0, 0.1) is 0 Å². The van der Waals surface area contributed by atoms with Crippen LogP contribution in [0.2, 0.25) is 0 Å². The Morgan fingerprint density at radius 1 is 0.806 bits per heavy atom. The number of piperazine rings is 1. The number of benzene rings is 3. The summed E-state index contributed by atoms with van der Waals surface area (Å²) in [6, 6.07) is 19.0. The number of carbonyl (C=O) groups excluding carboxylic acids is 2. The molecule has 2 aliphatic heterocycles. The molecule has 0 unspecified atom stereocenters. The van der Waals surface area contributed by atoms with Gasteiger partial charge in [-0.1, -0.05) is 30.3 Å². The molecule has 7 heteroatoms. The zero-order chi connectivity index (χ0) is 21.2. The van der Waals surface area contributed by atoms with Gasteiger partial charge in [-0.05, 0) is 41.1 Å². The first-order valence-corrected chi connectivity index (χ1v) is 10.3. The van der Waals surface area contributed by atoms with Gasteiger partial charge in [0.15, 0.2) is 18.1 Å². The van der Waals surface area contributed by atoms with Crippen LogP contribution < -0.4 is 14.2 Å². The molecule has 158 valence electrons. The molecule has 3 aromatic rings. The molecule has 1 fully saturated rings. The summed E-state index contributed by atoms with van der Waals surface area (Å²) >= 11 is 0. The minimum Gasteiger partial charge on any atom is -0.484 e. The van der Waals surface area contributed by atoms with E-state index < -0.39 is 0 Å². The van der Waals surface area contributed by atoms with Crippen molar-refractivity contribution in [2.45, 2.75) is 0 Å². The highest BCUT2D eigenvalue weighted by Gasteiger charge is 2.26. The van der Waals surface area contributed by atoms with E-state index in [4.69, 9.17) is 14.2 Å². The number of nitrogens with zero attached hydrogens (tertiary/aromatic N) is 2. The standard InChI is InChI=1S/C24H22N2O5/c27-23(15-29-20-7-5-17-3-1-2-4-18(17)13-20)25-9-11-26(12-10-25)24(28)19-6-8-21-22(14-19)31-16-30-21/h1-8,13-14H,9-12,15-16H2. The average Bonchev–Trinajstić information content (AvgIpc) is 3.30. The molecule has 2 heterocycles. The normalized spacial score (nSPS) is 15.2. The van der Waals surface area contributed by atoms with Crippen molar-refractivity contribution in [3.05, 3.63) is 66.2 Å². The molecular weight excluding hydrogens is 396 g/mol. The molecule has 0 spiro atoms. The fourth-order valence-electron chi connectivity index (χ4n) is 3.86. The van der Waals surface area contributed by atoms with Gasteiger partial charge in [-0.3, -0.25) is 9.59 Å². The van der Waals surface area contributed by atoms with Crippen molar-refractivity contribution < 1.29 is 23.8 Å². The number of carbonyl (C=O) groups is 2. The van der Waals surface area contributed by atoms with Crippen molar-refractivity contribution in [1.82, 2.24) is 9.80 Å². The van der Waals surface area contributed by atoms with Gasteiger partial charge in [0.1, 0.15) is 5.75 Å². The Balaban J connectivity index is 1.14. The quantitative estimate of drug-likeness (QED) is 0.652. The van der Waals surface area contributed by atoms with E-state index in [0.29, 0.717) is 49.0 Å².